The third kappa shape index (κ3) is 11.6. The molecule has 0 amide bonds. The zero-order chi connectivity index (χ0) is 68.2. The first kappa shape index (κ1) is 63.4. The molecule has 488 valence electrons. The van der Waals surface area contributed by atoms with Gasteiger partial charge >= 0.3 is 7.12 Å². The lowest BCUT2D eigenvalue weighted by atomic mass is 9.79. The van der Waals surface area contributed by atoms with E-state index in [-0.39, 0.29) is 12.7 Å². The van der Waals surface area contributed by atoms with Crippen LogP contribution in [-0.2, 0) is 0 Å². The SMILES string of the molecule is C.Clc1nc(-c2ccccc2)nc(-c2ccccc2)n1.OB(O)c1cccc(-c2cccc3c2oc2c3ccc3c4ccccc4c4ccccc4c32)c1.c1ccc(-c2nc(-c3ccccc3)nc(-c3cccc(-c4cccc5c4oc4c5ccc5c6ccccc6c6ccccc6c54)c3)n2)cc1. The fraction of sp³-hybridized carbons (Fsp3) is 0.0110. The lowest BCUT2D eigenvalue weighted by molar-refractivity contribution is 0.426. The molecular weight excluding hydrogens is 1290 g/mol. The molecule has 2 N–H and O–H groups in total. The Hall–Kier alpha value is -13.0. The van der Waals surface area contributed by atoms with E-state index >= 15 is 0 Å². The summed E-state index contributed by atoms with van der Waals surface area (Å²) >= 11 is 5.99. The summed E-state index contributed by atoms with van der Waals surface area (Å²) in [4.78, 5) is 27.6. The van der Waals surface area contributed by atoms with E-state index in [0.29, 0.717) is 34.6 Å². The van der Waals surface area contributed by atoms with Crippen molar-refractivity contribution >= 4 is 133 Å². The van der Waals surface area contributed by atoms with Gasteiger partial charge in [-0.2, -0.15) is 9.97 Å². The van der Waals surface area contributed by atoms with Crippen molar-refractivity contribution in [1.82, 2.24) is 29.9 Å². The Morgan fingerprint density at radius 3 is 0.883 bits per heavy atom. The maximum atomic E-state index is 9.66. The summed E-state index contributed by atoms with van der Waals surface area (Å²) in [5, 5.41) is 38.2. The Morgan fingerprint density at radius 1 is 0.233 bits per heavy atom. The number of aromatic nitrogens is 6. The zero-order valence-corrected chi connectivity index (χ0v) is 55.3. The van der Waals surface area contributed by atoms with Gasteiger partial charge in [0.25, 0.3) is 0 Å². The third-order valence-corrected chi connectivity index (χ3v) is 19.2. The van der Waals surface area contributed by atoms with Gasteiger partial charge < -0.3 is 18.9 Å². The molecule has 0 saturated heterocycles. The second-order valence-corrected chi connectivity index (χ2v) is 25.4. The minimum Gasteiger partial charge on any atom is -0.455 e. The highest BCUT2D eigenvalue weighted by Gasteiger charge is 2.22. The van der Waals surface area contributed by atoms with Gasteiger partial charge in [0, 0.05) is 71.3 Å². The molecule has 4 aromatic heterocycles. The van der Waals surface area contributed by atoms with E-state index < -0.39 is 7.12 Å². The van der Waals surface area contributed by atoms with Gasteiger partial charge in [-0.3, -0.25) is 0 Å². The maximum absolute atomic E-state index is 9.66. The number of hydrogen-bond donors (Lipinski definition) is 2. The standard InChI is InChI=1S/C45H27N3O.C30H19BO3.C15H10ClN3.CH4/c1-3-13-28(14-4-1)43-46-44(29-15-5-2-6-16-29)48-45(47-43)31-18-11-17-30(27-31)32-23-12-24-38-39-26-25-37-35-21-8-7-19-33(35)34-20-9-10-22-36(34)40(37)42(39)49-41(32)38;32-31(33)19-8-5-7-18(17-19)20-13-6-14-26-27-16-15-25-23-11-2-1-9-21(23)22-10-3-4-12-24(22)28(25)30(27)34-29(20)26;16-15-18-13(11-7-3-1-4-8-11)17-14(19-15)12-9-5-2-6-10-12;/h1-27H;1-17,32-33H;1-10H;1H4. The molecule has 0 bridgehead atoms. The second-order valence-electron chi connectivity index (χ2n) is 25.1. The van der Waals surface area contributed by atoms with Crippen LogP contribution in [0, 0.1) is 0 Å². The highest BCUT2D eigenvalue weighted by atomic mass is 35.5. The number of furan rings is 2. The Bertz CT molecular complexity index is 6450. The third-order valence-electron chi connectivity index (χ3n) is 19.0. The average molecular weight is 1350 g/mol. The van der Waals surface area contributed by atoms with Gasteiger partial charge in [-0.15, -0.1) is 0 Å². The first-order valence-electron chi connectivity index (χ1n) is 33.6. The first-order chi connectivity index (χ1) is 50.3. The molecule has 103 heavy (non-hydrogen) atoms. The Balaban J connectivity index is 0.000000126. The van der Waals surface area contributed by atoms with Gasteiger partial charge in [-0.1, -0.05) is 317 Å². The summed E-state index contributed by atoms with van der Waals surface area (Å²) in [6.07, 6.45) is 0. The summed E-state index contributed by atoms with van der Waals surface area (Å²) in [7, 11) is -1.52. The molecule has 20 rings (SSSR count). The fourth-order valence-electron chi connectivity index (χ4n) is 14.4. The van der Waals surface area contributed by atoms with E-state index in [9.17, 15) is 10.0 Å². The predicted octanol–water partition coefficient (Wildman–Crippen LogP) is 22.8. The molecule has 0 aliphatic heterocycles. The molecule has 0 radical (unpaired) electrons. The second kappa shape index (κ2) is 26.9. The van der Waals surface area contributed by atoms with E-state index in [1.807, 2.05) is 146 Å². The monoisotopic (exact) mass is 1350 g/mol. The predicted molar refractivity (Wildman–Crippen MR) is 425 cm³/mol. The van der Waals surface area contributed by atoms with Crippen LogP contribution in [0.5, 0.6) is 0 Å². The van der Waals surface area contributed by atoms with E-state index in [4.69, 9.17) is 35.4 Å². The molecule has 4 heterocycles. The lowest BCUT2D eigenvalue weighted by Crippen LogP contribution is -2.29. The number of fused-ring (bicyclic) bond motifs is 20. The van der Waals surface area contributed by atoms with Crippen LogP contribution in [0.25, 0.3) is 188 Å². The minimum atomic E-state index is -1.52. The lowest BCUT2D eigenvalue weighted by Gasteiger charge is -2.10. The summed E-state index contributed by atoms with van der Waals surface area (Å²) in [6, 6.07) is 111. The molecule has 0 unspecified atom stereocenters. The molecule has 0 spiro atoms. The van der Waals surface area contributed by atoms with Crippen LogP contribution >= 0.6 is 11.6 Å². The molecule has 16 aromatic carbocycles. The zero-order valence-electron chi connectivity index (χ0n) is 54.5. The van der Waals surface area contributed by atoms with Crippen molar-refractivity contribution in [3.05, 3.63) is 333 Å². The van der Waals surface area contributed by atoms with Gasteiger partial charge in [0.05, 0.1) is 0 Å². The Labute approximate surface area is 597 Å². The van der Waals surface area contributed by atoms with Crippen molar-refractivity contribution < 1.29 is 18.9 Å². The highest BCUT2D eigenvalue weighted by molar-refractivity contribution is 6.58. The molecule has 10 nitrogen and oxygen atoms in total. The van der Waals surface area contributed by atoms with Crippen LogP contribution in [0.2, 0.25) is 5.28 Å². The van der Waals surface area contributed by atoms with Gasteiger partial charge in [-0.05, 0) is 100 Å². The first-order valence-corrected chi connectivity index (χ1v) is 34.0. The molecule has 0 atom stereocenters. The van der Waals surface area contributed by atoms with E-state index in [2.05, 4.69) is 185 Å². The van der Waals surface area contributed by atoms with E-state index in [0.717, 1.165) is 105 Å². The van der Waals surface area contributed by atoms with Gasteiger partial charge in [-0.25, -0.2) is 19.9 Å². The number of nitrogens with zero attached hydrogens (tertiary/aromatic N) is 6. The van der Waals surface area contributed by atoms with Gasteiger partial charge in [0.1, 0.15) is 22.3 Å². The normalized spacial score (nSPS) is 11.4. The minimum absolute atomic E-state index is 0. The van der Waals surface area contributed by atoms with Crippen molar-refractivity contribution in [2.24, 2.45) is 0 Å². The summed E-state index contributed by atoms with van der Waals surface area (Å²) in [5.41, 5.74) is 12.4. The van der Waals surface area contributed by atoms with Crippen LogP contribution < -0.4 is 5.46 Å². The molecule has 12 heteroatoms. The van der Waals surface area contributed by atoms with Crippen LogP contribution in [0.15, 0.2) is 336 Å². The highest BCUT2D eigenvalue weighted by Crippen LogP contribution is 2.46. The molecule has 20 aromatic rings. The molecule has 0 aliphatic rings. The topological polar surface area (TPSA) is 144 Å². The molecular formula is C91H60BClN6O4. The van der Waals surface area contributed by atoms with Crippen LogP contribution in [0.4, 0.5) is 0 Å². The van der Waals surface area contributed by atoms with Crippen LogP contribution in [0.3, 0.4) is 0 Å². The Kier molecular flexibility index (Phi) is 16.6. The molecule has 0 aliphatic carbocycles. The molecule has 0 saturated carbocycles. The van der Waals surface area contributed by atoms with Gasteiger partial charge in [0.15, 0.2) is 29.1 Å². The van der Waals surface area contributed by atoms with Crippen molar-refractivity contribution in [2.75, 3.05) is 0 Å². The Morgan fingerprint density at radius 2 is 0.495 bits per heavy atom. The smallest absolute Gasteiger partial charge is 0.455 e. The van der Waals surface area contributed by atoms with Gasteiger partial charge in [0.2, 0.25) is 5.28 Å². The van der Waals surface area contributed by atoms with E-state index in [1.54, 1.807) is 12.1 Å². The number of halogens is 1. The van der Waals surface area contributed by atoms with Crippen LogP contribution in [0.1, 0.15) is 7.43 Å². The van der Waals surface area contributed by atoms with Crippen molar-refractivity contribution in [2.45, 2.75) is 7.43 Å². The van der Waals surface area contributed by atoms with Crippen molar-refractivity contribution in [3.63, 3.8) is 0 Å². The number of hydrogen-bond acceptors (Lipinski definition) is 10. The fourth-order valence-corrected chi connectivity index (χ4v) is 14.5. The molecule has 0 fully saturated rings. The van der Waals surface area contributed by atoms with Crippen molar-refractivity contribution in [1.29, 1.82) is 0 Å². The summed E-state index contributed by atoms with van der Waals surface area (Å²) in [5.74, 6) is 3.07. The average Bonchev–Trinajstić information content (AvgIpc) is 1.65. The summed E-state index contributed by atoms with van der Waals surface area (Å²) < 4.78 is 13.7. The number of rotatable bonds is 8. The quantitative estimate of drug-likeness (QED) is 0.111. The maximum Gasteiger partial charge on any atom is 0.488 e. The van der Waals surface area contributed by atoms with Crippen LogP contribution in [-0.4, -0.2) is 47.1 Å². The largest absolute Gasteiger partial charge is 0.488 e. The summed E-state index contributed by atoms with van der Waals surface area (Å²) in [6.45, 7) is 0. The van der Waals surface area contributed by atoms with E-state index in [1.165, 1.54) is 53.9 Å². The number of benzene rings is 16. The van der Waals surface area contributed by atoms with Crippen molar-refractivity contribution in [3.8, 4) is 79.2 Å². The number of para-hydroxylation sites is 2.